The standard InChI is InChI=1S/C17H26O8/c1-9(19)3-4-10-5-6-11(12(7-10)23-2)24-17-16(22)15(21)14(20)13(8-18)25-17/h5-7,9,13-22H,3-4,8H2,1-2H3. The summed E-state index contributed by atoms with van der Waals surface area (Å²) < 4.78 is 16.2. The highest BCUT2D eigenvalue weighted by molar-refractivity contribution is 5.43. The van der Waals surface area contributed by atoms with E-state index in [1.165, 1.54) is 7.11 Å². The first-order valence-electron chi connectivity index (χ1n) is 8.19. The minimum Gasteiger partial charge on any atom is -0.493 e. The van der Waals surface area contributed by atoms with Gasteiger partial charge in [0.15, 0.2) is 11.5 Å². The van der Waals surface area contributed by atoms with Gasteiger partial charge < -0.3 is 39.7 Å². The average molecular weight is 358 g/mol. The molecule has 1 saturated heterocycles. The molecule has 0 radical (unpaired) electrons. The molecule has 25 heavy (non-hydrogen) atoms. The zero-order valence-electron chi connectivity index (χ0n) is 14.3. The molecule has 1 heterocycles. The second kappa shape index (κ2) is 8.79. The van der Waals surface area contributed by atoms with Crippen molar-refractivity contribution in [1.29, 1.82) is 0 Å². The molecule has 0 saturated carbocycles. The normalized spacial score (nSPS) is 30.8. The summed E-state index contributed by atoms with van der Waals surface area (Å²) in [6.07, 6.45) is -5.89. The Morgan fingerprint density at radius 1 is 1.12 bits per heavy atom. The highest BCUT2D eigenvalue weighted by Crippen LogP contribution is 2.32. The fourth-order valence-electron chi connectivity index (χ4n) is 2.63. The largest absolute Gasteiger partial charge is 0.493 e. The fraction of sp³-hybridized carbons (Fsp3) is 0.647. The monoisotopic (exact) mass is 358 g/mol. The van der Waals surface area contributed by atoms with Crippen molar-refractivity contribution in [3.63, 3.8) is 0 Å². The molecule has 1 aromatic rings. The van der Waals surface area contributed by atoms with E-state index in [1.54, 1.807) is 25.1 Å². The molecular formula is C17H26O8. The Labute approximate surface area is 146 Å². The number of benzene rings is 1. The number of methoxy groups -OCH3 is 1. The van der Waals surface area contributed by atoms with E-state index >= 15 is 0 Å². The third kappa shape index (κ3) is 4.81. The third-order valence-corrected chi connectivity index (χ3v) is 4.17. The molecule has 1 aliphatic rings. The van der Waals surface area contributed by atoms with Crippen LogP contribution in [0.3, 0.4) is 0 Å². The number of ether oxygens (including phenoxy) is 3. The lowest BCUT2D eigenvalue weighted by atomic mass is 9.99. The van der Waals surface area contributed by atoms with Crippen LogP contribution < -0.4 is 9.47 Å². The molecule has 1 aromatic carbocycles. The zero-order valence-corrected chi connectivity index (χ0v) is 14.3. The van der Waals surface area contributed by atoms with Gasteiger partial charge in [-0.2, -0.15) is 0 Å². The smallest absolute Gasteiger partial charge is 0.229 e. The quantitative estimate of drug-likeness (QED) is 0.428. The van der Waals surface area contributed by atoms with Gasteiger partial charge in [0.2, 0.25) is 6.29 Å². The van der Waals surface area contributed by atoms with E-state index in [0.717, 1.165) is 5.56 Å². The van der Waals surface area contributed by atoms with Crippen LogP contribution in [-0.4, -0.2) is 76.1 Å². The summed E-state index contributed by atoms with van der Waals surface area (Å²) in [5.74, 6) is 0.688. The van der Waals surface area contributed by atoms with E-state index in [0.29, 0.717) is 18.6 Å². The van der Waals surface area contributed by atoms with Crippen molar-refractivity contribution in [2.24, 2.45) is 0 Å². The van der Waals surface area contributed by atoms with E-state index in [2.05, 4.69) is 0 Å². The van der Waals surface area contributed by atoms with E-state index in [1.807, 2.05) is 0 Å². The van der Waals surface area contributed by atoms with Crippen LogP contribution >= 0.6 is 0 Å². The van der Waals surface area contributed by atoms with Gasteiger partial charge >= 0.3 is 0 Å². The summed E-state index contributed by atoms with van der Waals surface area (Å²) in [7, 11) is 1.47. The summed E-state index contributed by atoms with van der Waals surface area (Å²) in [6.45, 7) is 1.19. The van der Waals surface area contributed by atoms with E-state index in [9.17, 15) is 25.5 Å². The van der Waals surface area contributed by atoms with Gasteiger partial charge in [0, 0.05) is 0 Å². The Morgan fingerprint density at radius 2 is 1.84 bits per heavy atom. The predicted molar refractivity (Wildman–Crippen MR) is 87.4 cm³/mol. The molecule has 8 heteroatoms. The van der Waals surface area contributed by atoms with Gasteiger partial charge in [0.05, 0.1) is 19.8 Å². The number of hydrogen-bond acceptors (Lipinski definition) is 8. The Morgan fingerprint density at radius 3 is 2.44 bits per heavy atom. The summed E-state index contributed by atoms with van der Waals surface area (Å²) >= 11 is 0. The van der Waals surface area contributed by atoms with Crippen LogP contribution in [0.5, 0.6) is 11.5 Å². The van der Waals surface area contributed by atoms with Crippen molar-refractivity contribution < 1.29 is 39.7 Å². The number of rotatable bonds is 7. The summed E-state index contributed by atoms with van der Waals surface area (Å²) in [4.78, 5) is 0. The minimum atomic E-state index is -1.51. The van der Waals surface area contributed by atoms with E-state index < -0.39 is 43.4 Å². The number of hydrogen-bond donors (Lipinski definition) is 5. The molecule has 5 N–H and O–H groups in total. The molecule has 142 valence electrons. The van der Waals surface area contributed by atoms with Gasteiger partial charge in [-0.25, -0.2) is 0 Å². The van der Waals surface area contributed by atoms with Crippen molar-refractivity contribution in [2.45, 2.75) is 56.6 Å². The first-order chi connectivity index (χ1) is 11.9. The van der Waals surface area contributed by atoms with Gasteiger partial charge in [0.1, 0.15) is 24.4 Å². The third-order valence-electron chi connectivity index (χ3n) is 4.17. The van der Waals surface area contributed by atoms with Crippen molar-refractivity contribution in [3.8, 4) is 11.5 Å². The summed E-state index contributed by atoms with van der Waals surface area (Å²) in [5.41, 5.74) is 0.943. The van der Waals surface area contributed by atoms with Crippen LogP contribution in [0.15, 0.2) is 18.2 Å². The van der Waals surface area contributed by atoms with E-state index in [-0.39, 0.29) is 5.75 Å². The fourth-order valence-corrected chi connectivity index (χ4v) is 2.63. The van der Waals surface area contributed by atoms with E-state index in [4.69, 9.17) is 14.2 Å². The molecule has 0 spiro atoms. The molecular weight excluding hydrogens is 332 g/mol. The van der Waals surface area contributed by atoms with Crippen LogP contribution in [0.1, 0.15) is 18.9 Å². The molecule has 0 aromatic heterocycles. The summed E-state index contributed by atoms with van der Waals surface area (Å²) in [6, 6.07) is 5.18. The Bertz CT molecular complexity index is 547. The van der Waals surface area contributed by atoms with Crippen molar-refractivity contribution >= 4 is 0 Å². The van der Waals surface area contributed by atoms with Crippen molar-refractivity contribution in [2.75, 3.05) is 13.7 Å². The van der Waals surface area contributed by atoms with Crippen LogP contribution in [-0.2, 0) is 11.2 Å². The van der Waals surface area contributed by atoms with Crippen LogP contribution in [0.4, 0.5) is 0 Å². The highest BCUT2D eigenvalue weighted by atomic mass is 16.7. The Balaban J connectivity index is 2.12. The number of aryl methyl sites for hydroxylation is 1. The maximum Gasteiger partial charge on any atom is 0.229 e. The average Bonchev–Trinajstić information content (AvgIpc) is 2.60. The second-order valence-electron chi connectivity index (χ2n) is 6.19. The van der Waals surface area contributed by atoms with Crippen LogP contribution in [0.25, 0.3) is 0 Å². The molecule has 6 unspecified atom stereocenters. The van der Waals surface area contributed by atoms with Crippen LogP contribution in [0, 0.1) is 0 Å². The lowest BCUT2D eigenvalue weighted by Gasteiger charge is -2.39. The molecule has 1 fully saturated rings. The molecule has 8 nitrogen and oxygen atoms in total. The van der Waals surface area contributed by atoms with Gasteiger partial charge in [-0.3, -0.25) is 0 Å². The van der Waals surface area contributed by atoms with Gasteiger partial charge in [-0.05, 0) is 37.5 Å². The lowest BCUT2D eigenvalue weighted by molar-refractivity contribution is -0.277. The molecule has 1 aliphatic heterocycles. The zero-order chi connectivity index (χ0) is 18.6. The lowest BCUT2D eigenvalue weighted by Crippen LogP contribution is -2.60. The Hall–Kier alpha value is -1.42. The molecule has 2 rings (SSSR count). The summed E-state index contributed by atoms with van der Waals surface area (Å²) in [5, 5.41) is 48.2. The SMILES string of the molecule is COc1cc(CCC(C)O)ccc1OC1OC(CO)C(O)C(O)C1O. The second-order valence-corrected chi connectivity index (χ2v) is 6.19. The topological polar surface area (TPSA) is 129 Å². The van der Waals surface area contributed by atoms with Crippen molar-refractivity contribution in [3.05, 3.63) is 23.8 Å². The number of aliphatic hydroxyl groups is 5. The molecule has 0 amide bonds. The van der Waals surface area contributed by atoms with Crippen molar-refractivity contribution in [1.82, 2.24) is 0 Å². The molecule has 0 bridgehead atoms. The van der Waals surface area contributed by atoms with Gasteiger partial charge in [-0.1, -0.05) is 6.07 Å². The van der Waals surface area contributed by atoms with Gasteiger partial charge in [0.25, 0.3) is 0 Å². The molecule has 0 aliphatic carbocycles. The maximum absolute atomic E-state index is 10.0. The van der Waals surface area contributed by atoms with Gasteiger partial charge in [-0.15, -0.1) is 0 Å². The first kappa shape index (κ1) is 19.9. The Kier molecular flexibility index (Phi) is 7.00. The maximum atomic E-state index is 10.0. The number of aliphatic hydroxyl groups excluding tert-OH is 5. The minimum absolute atomic E-state index is 0.285. The first-order valence-corrected chi connectivity index (χ1v) is 8.19. The molecule has 6 atom stereocenters. The highest BCUT2D eigenvalue weighted by Gasteiger charge is 2.44. The van der Waals surface area contributed by atoms with Crippen LogP contribution in [0.2, 0.25) is 0 Å². The predicted octanol–water partition coefficient (Wildman–Crippen LogP) is -0.813.